The quantitative estimate of drug-likeness (QED) is 0.832. The normalized spacial score (nSPS) is 9.75. The molecule has 0 unspecified atom stereocenters. The van der Waals surface area contributed by atoms with E-state index in [0.29, 0.717) is 4.88 Å². The Morgan fingerprint density at radius 3 is 3.00 bits per heavy atom. The second kappa shape index (κ2) is 6.23. The molecule has 0 spiro atoms. The van der Waals surface area contributed by atoms with Crippen molar-refractivity contribution >= 4 is 22.4 Å². The molecule has 3 N–H and O–H groups in total. The van der Waals surface area contributed by atoms with Crippen LogP contribution in [0.25, 0.3) is 0 Å². The zero-order chi connectivity index (χ0) is 14.5. The summed E-state index contributed by atoms with van der Waals surface area (Å²) in [6, 6.07) is 3.39. The van der Waals surface area contributed by atoms with Gasteiger partial charge in [0.25, 0.3) is 5.91 Å². The zero-order valence-electron chi connectivity index (χ0n) is 10.1. The molecule has 0 aliphatic heterocycles. The molecule has 102 valence electrons. The van der Waals surface area contributed by atoms with Gasteiger partial charge in [0, 0.05) is 0 Å². The second-order valence-electron chi connectivity index (χ2n) is 3.59. The second-order valence-corrected chi connectivity index (χ2v) is 4.62. The van der Waals surface area contributed by atoms with Crippen molar-refractivity contribution in [1.82, 2.24) is 4.98 Å². The smallest absolute Gasteiger partial charge is 0.260 e. The van der Waals surface area contributed by atoms with Crippen molar-refractivity contribution in [3.05, 3.63) is 46.5 Å². The van der Waals surface area contributed by atoms with Gasteiger partial charge in [-0.05, 0) is 12.1 Å². The van der Waals surface area contributed by atoms with E-state index < -0.39 is 17.5 Å². The summed E-state index contributed by atoms with van der Waals surface area (Å²) in [6.45, 7) is 0.216. The third-order valence-corrected chi connectivity index (χ3v) is 3.06. The summed E-state index contributed by atoms with van der Waals surface area (Å²) in [6.07, 6.45) is 1.46. The Morgan fingerprint density at radius 2 is 2.25 bits per heavy atom. The van der Waals surface area contributed by atoms with Crippen LogP contribution in [-0.2, 0) is 0 Å². The largest absolute Gasteiger partial charge is 0.320 e. The number of halogens is 2. The van der Waals surface area contributed by atoms with Crippen LogP contribution in [0.5, 0.6) is 0 Å². The lowest BCUT2D eigenvalue weighted by molar-refractivity contribution is 0.102. The summed E-state index contributed by atoms with van der Waals surface area (Å²) in [4.78, 5) is 16.3. The van der Waals surface area contributed by atoms with Crippen molar-refractivity contribution < 1.29 is 13.6 Å². The average molecular weight is 293 g/mol. The Kier molecular flexibility index (Phi) is 4.40. The molecule has 1 heterocycles. The van der Waals surface area contributed by atoms with Gasteiger partial charge in [-0.2, -0.15) is 0 Å². The van der Waals surface area contributed by atoms with Crippen LogP contribution in [0.1, 0.15) is 15.2 Å². The van der Waals surface area contributed by atoms with Crippen LogP contribution in [0.4, 0.5) is 13.9 Å². The number of nitrogens with two attached hydrogens (primary N) is 1. The molecule has 2 rings (SSSR count). The van der Waals surface area contributed by atoms with Gasteiger partial charge >= 0.3 is 0 Å². The number of benzene rings is 1. The van der Waals surface area contributed by atoms with Crippen LogP contribution in [-0.4, -0.2) is 17.4 Å². The van der Waals surface area contributed by atoms with Crippen molar-refractivity contribution in [2.24, 2.45) is 5.73 Å². The molecule has 0 atom stereocenters. The van der Waals surface area contributed by atoms with E-state index in [1.165, 1.54) is 18.3 Å². The first-order chi connectivity index (χ1) is 9.61. The highest BCUT2D eigenvalue weighted by Crippen LogP contribution is 2.19. The number of nitrogens with one attached hydrogen (secondary N) is 1. The zero-order valence-corrected chi connectivity index (χ0v) is 10.9. The van der Waals surface area contributed by atoms with Crippen molar-refractivity contribution in [2.45, 2.75) is 0 Å². The number of nitrogens with zero attached hydrogens (tertiary/aromatic N) is 1. The van der Waals surface area contributed by atoms with Crippen LogP contribution in [0.3, 0.4) is 0 Å². The molecule has 1 aromatic carbocycles. The van der Waals surface area contributed by atoms with Gasteiger partial charge in [0.1, 0.15) is 0 Å². The third-order valence-electron chi connectivity index (χ3n) is 2.24. The monoisotopic (exact) mass is 293 g/mol. The van der Waals surface area contributed by atoms with Gasteiger partial charge in [-0.1, -0.05) is 29.2 Å². The molecule has 0 aliphatic carbocycles. The van der Waals surface area contributed by atoms with Crippen LogP contribution < -0.4 is 11.1 Å². The van der Waals surface area contributed by atoms with E-state index in [9.17, 15) is 13.6 Å². The maximum Gasteiger partial charge on any atom is 0.260 e. The summed E-state index contributed by atoms with van der Waals surface area (Å²) >= 11 is 1.12. The maximum atomic E-state index is 13.4. The molecule has 4 nitrogen and oxygen atoms in total. The predicted molar refractivity (Wildman–Crippen MR) is 72.4 cm³/mol. The lowest BCUT2D eigenvalue weighted by atomic mass is 10.2. The summed E-state index contributed by atoms with van der Waals surface area (Å²) in [7, 11) is 0. The number of rotatable bonds is 2. The van der Waals surface area contributed by atoms with Gasteiger partial charge in [0.05, 0.1) is 23.2 Å². The minimum atomic E-state index is -1.19. The molecule has 0 bridgehead atoms. The predicted octanol–water partition coefficient (Wildman–Crippen LogP) is 1.98. The fraction of sp³-hybridized carbons (Fsp3) is 0.0769. The number of thiazole rings is 1. The SMILES string of the molecule is NCC#Cc1cnc(NC(=O)c2cccc(F)c2F)s1. The molecule has 7 heteroatoms. The van der Waals surface area contributed by atoms with Crippen molar-refractivity contribution in [3.8, 4) is 11.8 Å². The number of hydrogen-bond acceptors (Lipinski definition) is 4. The first kappa shape index (κ1) is 14.1. The Bertz CT molecular complexity index is 703. The minimum Gasteiger partial charge on any atom is -0.320 e. The van der Waals surface area contributed by atoms with E-state index in [1.54, 1.807) is 0 Å². The van der Waals surface area contributed by atoms with Crippen LogP contribution in [0.2, 0.25) is 0 Å². The molecule has 0 aliphatic rings. The van der Waals surface area contributed by atoms with E-state index in [4.69, 9.17) is 5.73 Å². The van der Waals surface area contributed by atoms with Gasteiger partial charge in [0.15, 0.2) is 16.8 Å². The first-order valence-corrected chi connectivity index (χ1v) is 6.33. The van der Waals surface area contributed by atoms with Gasteiger partial charge in [-0.25, -0.2) is 13.8 Å². The van der Waals surface area contributed by atoms with Crippen LogP contribution >= 0.6 is 11.3 Å². The number of hydrogen-bond donors (Lipinski definition) is 2. The topological polar surface area (TPSA) is 68.0 Å². The Hall–Kier alpha value is -2.30. The molecule has 0 radical (unpaired) electrons. The van der Waals surface area contributed by atoms with E-state index in [-0.39, 0.29) is 17.2 Å². The molecule has 20 heavy (non-hydrogen) atoms. The van der Waals surface area contributed by atoms with Crippen molar-refractivity contribution in [3.63, 3.8) is 0 Å². The minimum absolute atomic E-state index is 0.216. The lowest BCUT2D eigenvalue weighted by Gasteiger charge is -2.03. The van der Waals surface area contributed by atoms with E-state index >= 15 is 0 Å². The van der Waals surface area contributed by atoms with Gasteiger partial charge in [0.2, 0.25) is 0 Å². The Labute approximate surface area is 117 Å². The highest BCUT2D eigenvalue weighted by Gasteiger charge is 2.16. The van der Waals surface area contributed by atoms with E-state index in [0.717, 1.165) is 17.4 Å². The van der Waals surface area contributed by atoms with E-state index in [1.807, 2.05) is 0 Å². The van der Waals surface area contributed by atoms with Gasteiger partial charge in [-0.3, -0.25) is 10.1 Å². The van der Waals surface area contributed by atoms with Crippen molar-refractivity contribution in [2.75, 3.05) is 11.9 Å². The molecular weight excluding hydrogens is 284 g/mol. The van der Waals surface area contributed by atoms with Gasteiger partial charge < -0.3 is 5.73 Å². The number of amides is 1. The fourth-order valence-electron chi connectivity index (χ4n) is 1.37. The van der Waals surface area contributed by atoms with Gasteiger partial charge in [-0.15, -0.1) is 0 Å². The summed E-state index contributed by atoms with van der Waals surface area (Å²) in [5.41, 5.74) is 4.85. The molecule has 0 fully saturated rings. The van der Waals surface area contributed by atoms with Crippen LogP contribution in [0, 0.1) is 23.5 Å². The molecule has 0 saturated heterocycles. The molecular formula is C13H9F2N3OS. The summed E-state index contributed by atoms with van der Waals surface area (Å²) < 4.78 is 26.5. The third kappa shape index (κ3) is 3.17. The number of anilines is 1. The highest BCUT2D eigenvalue weighted by molar-refractivity contribution is 7.16. The number of carbonyl (C=O) groups is 1. The summed E-state index contributed by atoms with van der Waals surface area (Å²) in [5, 5.41) is 2.64. The first-order valence-electron chi connectivity index (χ1n) is 5.52. The number of carbonyl (C=O) groups excluding carboxylic acids is 1. The Balaban J connectivity index is 2.15. The highest BCUT2D eigenvalue weighted by atomic mass is 32.1. The lowest BCUT2D eigenvalue weighted by Crippen LogP contribution is -2.14. The fourth-order valence-corrected chi connectivity index (χ4v) is 2.06. The maximum absolute atomic E-state index is 13.4. The van der Waals surface area contributed by atoms with E-state index in [2.05, 4.69) is 22.1 Å². The molecule has 0 saturated carbocycles. The standard InChI is InChI=1S/C13H9F2N3OS/c14-10-5-1-4-9(11(10)15)12(19)18-13-17-7-8(20-13)3-2-6-16/h1,4-5,7H,6,16H2,(H,17,18,19). The molecule has 1 aromatic heterocycles. The van der Waals surface area contributed by atoms with Crippen LogP contribution in [0.15, 0.2) is 24.4 Å². The molecule has 2 aromatic rings. The average Bonchev–Trinajstić information content (AvgIpc) is 2.87. The van der Waals surface area contributed by atoms with Crippen molar-refractivity contribution in [1.29, 1.82) is 0 Å². The summed E-state index contributed by atoms with van der Waals surface area (Å²) in [5.74, 6) is 2.36. The number of aromatic nitrogens is 1. The molecule has 1 amide bonds. The Morgan fingerprint density at radius 1 is 1.45 bits per heavy atom.